The minimum Gasteiger partial charge on any atom is -0.491 e. The van der Waals surface area contributed by atoms with Gasteiger partial charge in [0.05, 0.1) is 13.2 Å². The Bertz CT molecular complexity index is 373. The van der Waals surface area contributed by atoms with E-state index in [2.05, 4.69) is 4.74 Å². The van der Waals surface area contributed by atoms with E-state index in [1.165, 1.54) is 7.11 Å². The maximum atomic E-state index is 11.0. The van der Waals surface area contributed by atoms with Gasteiger partial charge in [-0.05, 0) is 38.0 Å². The van der Waals surface area contributed by atoms with Crippen LogP contribution in [0.5, 0.6) is 5.75 Å². The van der Waals surface area contributed by atoms with Crippen LogP contribution in [0.3, 0.4) is 0 Å². The molecule has 0 saturated carbocycles. The van der Waals surface area contributed by atoms with E-state index in [0.29, 0.717) is 12.8 Å². The SMILES string of the molecule is COC(=O)CCC(N)c1ccc(OC(C)C)cc1. The Kier molecular flexibility index (Phi) is 5.65. The molecule has 1 aromatic rings. The van der Waals surface area contributed by atoms with E-state index >= 15 is 0 Å². The van der Waals surface area contributed by atoms with Crippen LogP contribution in [0.15, 0.2) is 24.3 Å². The summed E-state index contributed by atoms with van der Waals surface area (Å²) in [6, 6.07) is 7.50. The average Bonchev–Trinajstić information content (AvgIpc) is 2.35. The summed E-state index contributed by atoms with van der Waals surface area (Å²) in [5.41, 5.74) is 7.00. The fourth-order valence-electron chi connectivity index (χ4n) is 1.61. The molecule has 4 heteroatoms. The molecule has 0 radical (unpaired) electrons. The van der Waals surface area contributed by atoms with E-state index in [-0.39, 0.29) is 18.1 Å². The minimum atomic E-state index is -0.231. The molecule has 2 N–H and O–H groups in total. The lowest BCUT2D eigenvalue weighted by Crippen LogP contribution is -2.13. The number of ether oxygens (including phenoxy) is 2. The number of rotatable bonds is 6. The van der Waals surface area contributed by atoms with Crippen molar-refractivity contribution in [3.63, 3.8) is 0 Å². The monoisotopic (exact) mass is 251 g/mol. The predicted molar refractivity (Wildman–Crippen MR) is 70.4 cm³/mol. The Morgan fingerprint density at radius 2 is 1.89 bits per heavy atom. The first-order valence-electron chi connectivity index (χ1n) is 6.12. The van der Waals surface area contributed by atoms with Crippen molar-refractivity contribution in [1.82, 2.24) is 0 Å². The second kappa shape index (κ2) is 7.01. The molecule has 1 rings (SSSR count). The lowest BCUT2D eigenvalue weighted by Gasteiger charge is -2.13. The summed E-state index contributed by atoms with van der Waals surface area (Å²) in [6.07, 6.45) is 1.07. The van der Waals surface area contributed by atoms with Gasteiger partial charge in [-0.15, -0.1) is 0 Å². The molecule has 4 nitrogen and oxygen atoms in total. The zero-order chi connectivity index (χ0) is 13.5. The van der Waals surface area contributed by atoms with Crippen molar-refractivity contribution in [1.29, 1.82) is 0 Å². The van der Waals surface area contributed by atoms with Crippen molar-refractivity contribution < 1.29 is 14.3 Å². The molecule has 18 heavy (non-hydrogen) atoms. The van der Waals surface area contributed by atoms with Gasteiger partial charge in [-0.25, -0.2) is 0 Å². The highest BCUT2D eigenvalue weighted by atomic mass is 16.5. The van der Waals surface area contributed by atoms with E-state index in [1.807, 2.05) is 38.1 Å². The topological polar surface area (TPSA) is 61.5 Å². The number of esters is 1. The zero-order valence-electron chi connectivity index (χ0n) is 11.2. The first-order valence-corrected chi connectivity index (χ1v) is 6.12. The first kappa shape index (κ1) is 14.5. The van der Waals surface area contributed by atoms with E-state index < -0.39 is 0 Å². The van der Waals surface area contributed by atoms with Gasteiger partial charge in [-0.1, -0.05) is 12.1 Å². The molecule has 100 valence electrons. The van der Waals surface area contributed by atoms with Gasteiger partial charge in [-0.2, -0.15) is 0 Å². The molecule has 0 saturated heterocycles. The molecule has 1 aromatic carbocycles. The van der Waals surface area contributed by atoms with E-state index in [4.69, 9.17) is 10.5 Å². The van der Waals surface area contributed by atoms with Crippen LogP contribution >= 0.6 is 0 Å². The Labute approximate surface area is 108 Å². The molecule has 0 amide bonds. The fraction of sp³-hybridized carbons (Fsp3) is 0.500. The summed E-state index contributed by atoms with van der Waals surface area (Å²) < 4.78 is 10.1. The number of carbonyl (C=O) groups excluding carboxylic acids is 1. The van der Waals surface area contributed by atoms with E-state index in [1.54, 1.807) is 0 Å². The number of methoxy groups -OCH3 is 1. The largest absolute Gasteiger partial charge is 0.491 e. The molecule has 0 aromatic heterocycles. The number of carbonyl (C=O) groups is 1. The Morgan fingerprint density at radius 3 is 2.39 bits per heavy atom. The fourth-order valence-corrected chi connectivity index (χ4v) is 1.61. The first-order chi connectivity index (χ1) is 8.52. The summed E-state index contributed by atoms with van der Waals surface area (Å²) in [6.45, 7) is 3.96. The maximum Gasteiger partial charge on any atom is 0.305 e. The minimum absolute atomic E-state index is 0.155. The quantitative estimate of drug-likeness (QED) is 0.789. The summed E-state index contributed by atoms with van der Waals surface area (Å²) in [5, 5.41) is 0. The van der Waals surface area contributed by atoms with Gasteiger partial charge in [0.25, 0.3) is 0 Å². The third-order valence-corrected chi connectivity index (χ3v) is 2.57. The number of hydrogen-bond acceptors (Lipinski definition) is 4. The molecule has 0 spiro atoms. The summed E-state index contributed by atoms with van der Waals surface area (Å²) in [7, 11) is 1.38. The van der Waals surface area contributed by atoms with Gasteiger partial charge in [0.1, 0.15) is 5.75 Å². The number of nitrogens with two attached hydrogens (primary N) is 1. The van der Waals surface area contributed by atoms with Crippen LogP contribution in [-0.2, 0) is 9.53 Å². The van der Waals surface area contributed by atoms with Crippen molar-refractivity contribution in [2.24, 2.45) is 5.73 Å². The lowest BCUT2D eigenvalue weighted by molar-refractivity contribution is -0.140. The molecule has 0 bridgehead atoms. The third-order valence-electron chi connectivity index (χ3n) is 2.57. The van der Waals surface area contributed by atoms with Crippen molar-refractivity contribution in [3.05, 3.63) is 29.8 Å². The highest BCUT2D eigenvalue weighted by Crippen LogP contribution is 2.20. The molecule has 0 fully saturated rings. The smallest absolute Gasteiger partial charge is 0.305 e. The molecule has 1 unspecified atom stereocenters. The summed E-state index contributed by atoms with van der Waals surface area (Å²) in [5.74, 6) is 0.596. The van der Waals surface area contributed by atoms with Crippen molar-refractivity contribution >= 4 is 5.97 Å². The van der Waals surface area contributed by atoms with Crippen LogP contribution in [0.4, 0.5) is 0 Å². The highest BCUT2D eigenvalue weighted by molar-refractivity contribution is 5.69. The van der Waals surface area contributed by atoms with Crippen LogP contribution in [0.25, 0.3) is 0 Å². The van der Waals surface area contributed by atoms with Crippen LogP contribution in [0.1, 0.15) is 38.3 Å². The Morgan fingerprint density at radius 1 is 1.28 bits per heavy atom. The number of benzene rings is 1. The average molecular weight is 251 g/mol. The standard InChI is InChI=1S/C14H21NO3/c1-10(2)18-12-6-4-11(5-7-12)13(15)8-9-14(16)17-3/h4-7,10,13H,8-9,15H2,1-3H3. The molecule has 0 heterocycles. The predicted octanol–water partition coefficient (Wildman–Crippen LogP) is 2.43. The van der Waals surface area contributed by atoms with Crippen LogP contribution in [-0.4, -0.2) is 19.2 Å². The molecule has 1 atom stereocenters. The molecular formula is C14H21NO3. The number of hydrogen-bond donors (Lipinski definition) is 1. The lowest BCUT2D eigenvalue weighted by atomic mass is 10.0. The Hall–Kier alpha value is -1.55. The van der Waals surface area contributed by atoms with E-state index in [0.717, 1.165) is 11.3 Å². The molecule has 0 aliphatic heterocycles. The normalized spacial score (nSPS) is 12.3. The van der Waals surface area contributed by atoms with Gasteiger partial charge in [0.2, 0.25) is 0 Å². The van der Waals surface area contributed by atoms with E-state index in [9.17, 15) is 4.79 Å². The zero-order valence-corrected chi connectivity index (χ0v) is 11.2. The van der Waals surface area contributed by atoms with Crippen molar-refractivity contribution in [2.45, 2.75) is 38.8 Å². The molecule has 0 aliphatic rings. The Balaban J connectivity index is 2.53. The third kappa shape index (κ3) is 4.75. The summed E-state index contributed by atoms with van der Waals surface area (Å²) in [4.78, 5) is 11.0. The summed E-state index contributed by atoms with van der Waals surface area (Å²) >= 11 is 0. The second-order valence-electron chi connectivity index (χ2n) is 4.46. The second-order valence-corrected chi connectivity index (χ2v) is 4.46. The molecular weight excluding hydrogens is 230 g/mol. The van der Waals surface area contributed by atoms with Gasteiger partial charge < -0.3 is 15.2 Å². The van der Waals surface area contributed by atoms with Gasteiger partial charge in [0, 0.05) is 12.5 Å². The van der Waals surface area contributed by atoms with Crippen molar-refractivity contribution in [2.75, 3.05) is 7.11 Å². The van der Waals surface area contributed by atoms with Gasteiger partial charge in [0.15, 0.2) is 0 Å². The highest BCUT2D eigenvalue weighted by Gasteiger charge is 2.09. The van der Waals surface area contributed by atoms with Crippen LogP contribution < -0.4 is 10.5 Å². The van der Waals surface area contributed by atoms with Crippen LogP contribution in [0, 0.1) is 0 Å². The maximum absolute atomic E-state index is 11.0. The van der Waals surface area contributed by atoms with Gasteiger partial charge in [-0.3, -0.25) is 4.79 Å². The van der Waals surface area contributed by atoms with Crippen molar-refractivity contribution in [3.8, 4) is 5.75 Å². The van der Waals surface area contributed by atoms with Gasteiger partial charge >= 0.3 is 5.97 Å². The molecule has 0 aliphatic carbocycles. The van der Waals surface area contributed by atoms with Crippen LogP contribution in [0.2, 0.25) is 0 Å².